The molecule has 0 bridgehead atoms. The van der Waals surface area contributed by atoms with Crippen molar-refractivity contribution in [1.29, 1.82) is 0 Å². The van der Waals surface area contributed by atoms with E-state index in [1.54, 1.807) is 24.3 Å². The number of nitrogens with one attached hydrogen (secondary N) is 1. The minimum atomic E-state index is -1.00. The predicted octanol–water partition coefficient (Wildman–Crippen LogP) is 5.50. The SMILES string of the molecule is O=C(O)c1ccc(C2(Nc3nc(F)cc4ccnc(Oc5cccc(F)c5)c34)CC2)cc1. The van der Waals surface area contributed by atoms with Gasteiger partial charge in [-0.3, -0.25) is 0 Å². The van der Waals surface area contributed by atoms with Gasteiger partial charge in [0.15, 0.2) is 0 Å². The van der Waals surface area contributed by atoms with Gasteiger partial charge in [0.05, 0.1) is 16.5 Å². The normalized spacial score (nSPS) is 14.2. The number of halogens is 2. The highest BCUT2D eigenvalue weighted by Crippen LogP contribution is 2.49. The molecule has 0 amide bonds. The molecular formula is C24H17F2N3O3. The van der Waals surface area contributed by atoms with E-state index in [1.165, 1.54) is 42.6 Å². The zero-order valence-electron chi connectivity index (χ0n) is 16.7. The third-order valence-electron chi connectivity index (χ3n) is 5.48. The summed E-state index contributed by atoms with van der Waals surface area (Å²) in [4.78, 5) is 19.5. The molecule has 0 aliphatic heterocycles. The van der Waals surface area contributed by atoms with Gasteiger partial charge in [0.25, 0.3) is 0 Å². The summed E-state index contributed by atoms with van der Waals surface area (Å²) in [6.07, 6.45) is 3.01. The van der Waals surface area contributed by atoms with Crippen LogP contribution in [0.15, 0.2) is 66.9 Å². The second-order valence-corrected chi connectivity index (χ2v) is 7.66. The molecule has 0 saturated heterocycles. The molecule has 0 unspecified atom stereocenters. The molecule has 6 nitrogen and oxygen atoms in total. The number of ether oxygens (including phenoxy) is 1. The van der Waals surface area contributed by atoms with Gasteiger partial charge in [-0.2, -0.15) is 4.39 Å². The van der Waals surface area contributed by atoms with Crippen molar-refractivity contribution in [2.24, 2.45) is 0 Å². The Hall–Kier alpha value is -4.07. The molecule has 160 valence electrons. The predicted molar refractivity (Wildman–Crippen MR) is 114 cm³/mol. The largest absolute Gasteiger partial charge is 0.478 e. The minimum absolute atomic E-state index is 0.167. The van der Waals surface area contributed by atoms with Gasteiger partial charge in [0.2, 0.25) is 11.8 Å². The fraction of sp³-hybridized carbons (Fsp3) is 0.125. The van der Waals surface area contributed by atoms with E-state index in [9.17, 15) is 13.6 Å². The lowest BCUT2D eigenvalue weighted by Crippen LogP contribution is -2.20. The molecule has 1 aliphatic rings. The van der Waals surface area contributed by atoms with Gasteiger partial charge in [0, 0.05) is 18.3 Å². The summed E-state index contributed by atoms with van der Waals surface area (Å²) in [6.45, 7) is 0. The van der Waals surface area contributed by atoms with Crippen LogP contribution in [0.4, 0.5) is 14.6 Å². The fourth-order valence-electron chi connectivity index (χ4n) is 3.72. The van der Waals surface area contributed by atoms with Crippen LogP contribution in [0.3, 0.4) is 0 Å². The number of nitrogens with zero attached hydrogens (tertiary/aromatic N) is 2. The molecule has 1 saturated carbocycles. The molecule has 2 heterocycles. The van der Waals surface area contributed by atoms with Gasteiger partial charge in [-0.05, 0) is 54.1 Å². The Morgan fingerprint density at radius 2 is 1.84 bits per heavy atom. The maximum absolute atomic E-state index is 14.3. The monoisotopic (exact) mass is 433 g/mol. The number of pyridine rings is 2. The van der Waals surface area contributed by atoms with Crippen molar-refractivity contribution in [3.8, 4) is 11.6 Å². The summed E-state index contributed by atoms with van der Waals surface area (Å²) >= 11 is 0. The number of rotatable bonds is 6. The van der Waals surface area contributed by atoms with Crippen molar-refractivity contribution in [2.75, 3.05) is 5.32 Å². The summed E-state index contributed by atoms with van der Waals surface area (Å²) in [5.74, 6) is -1.45. The number of hydrogen-bond donors (Lipinski definition) is 2. The van der Waals surface area contributed by atoms with Crippen LogP contribution in [0.25, 0.3) is 10.8 Å². The lowest BCUT2D eigenvalue weighted by Gasteiger charge is -2.21. The number of fused-ring (bicyclic) bond motifs is 1. The Morgan fingerprint density at radius 1 is 1.06 bits per heavy atom. The van der Waals surface area contributed by atoms with E-state index >= 15 is 0 Å². The summed E-state index contributed by atoms with van der Waals surface area (Å²) in [5.41, 5.74) is 0.559. The topological polar surface area (TPSA) is 84.3 Å². The molecule has 2 aromatic heterocycles. The molecule has 0 atom stereocenters. The fourth-order valence-corrected chi connectivity index (χ4v) is 3.72. The van der Waals surface area contributed by atoms with Gasteiger partial charge in [0.1, 0.15) is 17.4 Å². The van der Waals surface area contributed by atoms with Crippen LogP contribution in [-0.2, 0) is 5.54 Å². The number of hydrogen-bond acceptors (Lipinski definition) is 5. The minimum Gasteiger partial charge on any atom is -0.478 e. The molecule has 5 rings (SSSR count). The van der Waals surface area contributed by atoms with Crippen molar-refractivity contribution in [1.82, 2.24) is 9.97 Å². The average Bonchev–Trinajstić information content (AvgIpc) is 3.54. The van der Waals surface area contributed by atoms with E-state index in [1.807, 2.05) is 0 Å². The molecule has 1 aliphatic carbocycles. The Morgan fingerprint density at radius 3 is 2.53 bits per heavy atom. The molecule has 32 heavy (non-hydrogen) atoms. The van der Waals surface area contributed by atoms with Crippen molar-refractivity contribution in [3.63, 3.8) is 0 Å². The number of anilines is 1. The van der Waals surface area contributed by atoms with E-state index < -0.39 is 23.3 Å². The Labute approximate surface area is 181 Å². The van der Waals surface area contributed by atoms with Crippen LogP contribution < -0.4 is 10.1 Å². The van der Waals surface area contributed by atoms with E-state index in [-0.39, 0.29) is 23.0 Å². The van der Waals surface area contributed by atoms with Crippen molar-refractivity contribution in [2.45, 2.75) is 18.4 Å². The highest BCUT2D eigenvalue weighted by molar-refractivity contribution is 5.96. The van der Waals surface area contributed by atoms with E-state index in [2.05, 4.69) is 15.3 Å². The summed E-state index contributed by atoms with van der Waals surface area (Å²) in [5, 5.41) is 13.4. The maximum atomic E-state index is 14.3. The number of carboxylic acids is 1. The molecule has 4 aromatic rings. The standard InChI is InChI=1S/C24H17F2N3O3/c25-17-2-1-3-18(13-17)32-22-20-15(8-11-27-22)12-19(26)28-21(20)29-24(9-10-24)16-6-4-14(5-7-16)23(30)31/h1-8,11-13H,9-10H2,(H,28,29)(H,30,31). The molecule has 2 N–H and O–H groups in total. The Balaban J connectivity index is 1.55. The van der Waals surface area contributed by atoms with Gasteiger partial charge in [-0.1, -0.05) is 18.2 Å². The Kier molecular flexibility index (Phi) is 4.70. The van der Waals surface area contributed by atoms with E-state index in [4.69, 9.17) is 9.84 Å². The number of carboxylic acid groups (broad SMARTS) is 1. The van der Waals surface area contributed by atoms with E-state index in [0.29, 0.717) is 10.8 Å². The first-order valence-electron chi connectivity index (χ1n) is 9.94. The first-order valence-corrected chi connectivity index (χ1v) is 9.94. The average molecular weight is 433 g/mol. The number of aromatic carboxylic acids is 1. The molecule has 0 spiro atoms. The lowest BCUT2D eigenvalue weighted by molar-refractivity contribution is 0.0697. The second kappa shape index (κ2) is 7.56. The van der Waals surface area contributed by atoms with Gasteiger partial charge in [-0.25, -0.2) is 19.2 Å². The van der Waals surface area contributed by atoms with Crippen molar-refractivity contribution in [3.05, 3.63) is 89.8 Å². The summed E-state index contributed by atoms with van der Waals surface area (Å²) in [7, 11) is 0. The molecular weight excluding hydrogens is 416 g/mol. The van der Waals surface area contributed by atoms with Gasteiger partial charge >= 0.3 is 5.97 Å². The molecule has 0 radical (unpaired) electrons. The zero-order chi connectivity index (χ0) is 22.3. The van der Waals surface area contributed by atoms with Crippen LogP contribution in [0.5, 0.6) is 11.6 Å². The maximum Gasteiger partial charge on any atom is 0.335 e. The number of benzene rings is 2. The third kappa shape index (κ3) is 3.71. The van der Waals surface area contributed by atoms with Crippen LogP contribution in [0.2, 0.25) is 0 Å². The first-order chi connectivity index (χ1) is 15.4. The summed E-state index contributed by atoms with van der Waals surface area (Å²) < 4.78 is 33.7. The van der Waals surface area contributed by atoms with Gasteiger partial charge < -0.3 is 15.2 Å². The highest BCUT2D eigenvalue weighted by Gasteiger charge is 2.45. The van der Waals surface area contributed by atoms with Crippen molar-refractivity contribution >= 4 is 22.6 Å². The third-order valence-corrected chi connectivity index (χ3v) is 5.48. The lowest BCUT2D eigenvalue weighted by atomic mass is 10.0. The quantitative estimate of drug-likeness (QED) is 0.391. The summed E-state index contributed by atoms with van der Waals surface area (Å²) in [6, 6.07) is 15.1. The van der Waals surface area contributed by atoms with E-state index in [0.717, 1.165) is 18.4 Å². The first kappa shape index (κ1) is 19.9. The van der Waals surface area contributed by atoms with Gasteiger partial charge in [-0.15, -0.1) is 0 Å². The zero-order valence-corrected chi connectivity index (χ0v) is 16.7. The number of carbonyl (C=O) groups is 1. The van der Waals surface area contributed by atoms with Crippen LogP contribution in [-0.4, -0.2) is 21.0 Å². The van der Waals surface area contributed by atoms with Crippen LogP contribution in [0, 0.1) is 11.8 Å². The van der Waals surface area contributed by atoms with Crippen LogP contribution in [0.1, 0.15) is 28.8 Å². The Bertz CT molecular complexity index is 1340. The molecule has 2 aromatic carbocycles. The second-order valence-electron chi connectivity index (χ2n) is 7.66. The smallest absolute Gasteiger partial charge is 0.335 e. The van der Waals surface area contributed by atoms with Crippen molar-refractivity contribution < 1.29 is 23.4 Å². The number of aromatic nitrogens is 2. The highest BCUT2D eigenvalue weighted by atomic mass is 19.1. The molecule has 8 heteroatoms. The van der Waals surface area contributed by atoms with Crippen LogP contribution >= 0.6 is 0 Å². The molecule has 1 fully saturated rings.